The molecule has 1 amide bonds. The summed E-state index contributed by atoms with van der Waals surface area (Å²) in [5.74, 6) is -0.346. The molecule has 1 aromatic heterocycles. The van der Waals surface area contributed by atoms with Crippen LogP contribution in [0.15, 0.2) is 0 Å². The lowest BCUT2D eigenvalue weighted by Gasteiger charge is -2.22. The molecular weight excluding hydrogens is 252 g/mol. The Kier molecular flexibility index (Phi) is 4.38. The van der Waals surface area contributed by atoms with Crippen molar-refractivity contribution in [1.29, 1.82) is 0 Å². The minimum atomic E-state index is -0.544. The zero-order valence-corrected chi connectivity index (χ0v) is 11.0. The van der Waals surface area contributed by atoms with Crippen LogP contribution in [0.4, 0.5) is 10.8 Å². The van der Waals surface area contributed by atoms with Gasteiger partial charge in [0.05, 0.1) is 6.10 Å². The molecule has 2 heterocycles. The van der Waals surface area contributed by atoms with Crippen LogP contribution in [-0.4, -0.2) is 29.5 Å². The van der Waals surface area contributed by atoms with Crippen LogP contribution in [-0.2, 0) is 4.74 Å². The minimum Gasteiger partial charge on any atom is -0.382 e. The number of hydrogen-bond acceptors (Lipinski definition) is 6. The second-order valence-electron chi connectivity index (χ2n) is 4.34. The van der Waals surface area contributed by atoms with Gasteiger partial charge in [-0.05, 0) is 37.2 Å². The van der Waals surface area contributed by atoms with Crippen LogP contribution in [0.5, 0.6) is 0 Å². The molecule has 0 bridgehead atoms. The third-order valence-electron chi connectivity index (χ3n) is 2.99. The molecule has 1 fully saturated rings. The lowest BCUT2D eigenvalue weighted by atomic mass is 10.1. The Morgan fingerprint density at radius 1 is 1.56 bits per heavy atom. The molecule has 1 aromatic rings. The van der Waals surface area contributed by atoms with Gasteiger partial charge in [0.2, 0.25) is 0 Å². The number of nitrogens with zero attached hydrogens (tertiary/aromatic N) is 1. The van der Waals surface area contributed by atoms with Crippen molar-refractivity contribution in [1.82, 2.24) is 4.37 Å². The molecule has 5 N–H and O–H groups in total. The van der Waals surface area contributed by atoms with E-state index in [1.807, 2.05) is 0 Å². The monoisotopic (exact) mass is 270 g/mol. The first-order chi connectivity index (χ1) is 8.68. The number of nitrogen functional groups attached to an aromatic ring is 1. The predicted molar refractivity (Wildman–Crippen MR) is 71.7 cm³/mol. The highest BCUT2D eigenvalue weighted by atomic mass is 32.1. The van der Waals surface area contributed by atoms with Gasteiger partial charge in [0.1, 0.15) is 10.6 Å². The summed E-state index contributed by atoms with van der Waals surface area (Å²) in [7, 11) is 0. The largest absolute Gasteiger partial charge is 0.382 e. The molecule has 0 aliphatic carbocycles. The number of hydrogen-bond donors (Lipinski definition) is 3. The van der Waals surface area contributed by atoms with Gasteiger partial charge in [0, 0.05) is 13.2 Å². The second-order valence-corrected chi connectivity index (χ2v) is 5.11. The molecule has 0 saturated carbocycles. The van der Waals surface area contributed by atoms with E-state index in [0.717, 1.165) is 43.9 Å². The number of ether oxygens (including phenoxy) is 1. The van der Waals surface area contributed by atoms with Gasteiger partial charge >= 0.3 is 0 Å². The van der Waals surface area contributed by atoms with Gasteiger partial charge in [-0.25, -0.2) is 0 Å². The molecule has 1 atom stereocenters. The average Bonchev–Trinajstić information content (AvgIpc) is 2.72. The number of anilines is 2. The Morgan fingerprint density at radius 3 is 3.06 bits per heavy atom. The number of rotatable bonds is 5. The summed E-state index contributed by atoms with van der Waals surface area (Å²) in [5.41, 5.74) is 11.1. The third kappa shape index (κ3) is 3.11. The molecule has 6 nitrogen and oxygen atoms in total. The standard InChI is InChI=1S/C11H18N4O2S/c12-9-8(10(13)16)11(18-15-9)14-5-4-7-3-1-2-6-17-7/h7,14H,1-6H2,(H2,12,15)(H2,13,16). The Bertz CT molecular complexity index is 415. The van der Waals surface area contributed by atoms with E-state index in [1.165, 1.54) is 6.42 Å². The molecule has 18 heavy (non-hydrogen) atoms. The van der Waals surface area contributed by atoms with Gasteiger partial charge in [0.25, 0.3) is 5.91 Å². The van der Waals surface area contributed by atoms with E-state index >= 15 is 0 Å². The summed E-state index contributed by atoms with van der Waals surface area (Å²) in [4.78, 5) is 11.2. The fourth-order valence-electron chi connectivity index (χ4n) is 2.04. The molecule has 0 radical (unpaired) electrons. The number of amides is 1. The van der Waals surface area contributed by atoms with E-state index in [1.54, 1.807) is 0 Å². The van der Waals surface area contributed by atoms with Crippen molar-refractivity contribution in [2.24, 2.45) is 5.73 Å². The van der Waals surface area contributed by atoms with Crippen LogP contribution < -0.4 is 16.8 Å². The lowest BCUT2D eigenvalue weighted by molar-refractivity contribution is 0.0134. The molecule has 7 heteroatoms. The number of carbonyl (C=O) groups excluding carboxylic acids is 1. The van der Waals surface area contributed by atoms with E-state index in [0.29, 0.717) is 16.7 Å². The van der Waals surface area contributed by atoms with Crippen LogP contribution in [0.2, 0.25) is 0 Å². The summed E-state index contributed by atoms with van der Waals surface area (Å²) >= 11 is 1.16. The zero-order chi connectivity index (χ0) is 13.0. The van der Waals surface area contributed by atoms with Crippen LogP contribution >= 0.6 is 11.5 Å². The predicted octanol–water partition coefficient (Wildman–Crippen LogP) is 1.20. The quantitative estimate of drug-likeness (QED) is 0.745. The number of aromatic nitrogens is 1. The van der Waals surface area contributed by atoms with Gasteiger partial charge in [-0.3, -0.25) is 4.79 Å². The first-order valence-electron chi connectivity index (χ1n) is 6.09. The SMILES string of the molecule is NC(=O)c1c(N)nsc1NCCC1CCCCO1. The lowest BCUT2D eigenvalue weighted by Crippen LogP contribution is -2.22. The molecule has 0 spiro atoms. The normalized spacial score (nSPS) is 19.7. The van der Waals surface area contributed by atoms with Crippen LogP contribution in [0.3, 0.4) is 0 Å². The summed E-state index contributed by atoms with van der Waals surface area (Å²) < 4.78 is 9.56. The number of carbonyl (C=O) groups is 1. The van der Waals surface area contributed by atoms with Crippen molar-refractivity contribution in [3.63, 3.8) is 0 Å². The average molecular weight is 270 g/mol. The van der Waals surface area contributed by atoms with Crippen LogP contribution in [0.25, 0.3) is 0 Å². The first-order valence-corrected chi connectivity index (χ1v) is 6.86. The Balaban J connectivity index is 1.84. The first kappa shape index (κ1) is 13.1. The summed E-state index contributed by atoms with van der Waals surface area (Å²) in [6, 6.07) is 0. The van der Waals surface area contributed by atoms with Crippen LogP contribution in [0.1, 0.15) is 36.0 Å². The fraction of sp³-hybridized carbons (Fsp3) is 0.636. The molecule has 0 aromatic carbocycles. The zero-order valence-electron chi connectivity index (χ0n) is 10.1. The Hall–Kier alpha value is -1.34. The Morgan fingerprint density at radius 2 is 2.39 bits per heavy atom. The highest BCUT2D eigenvalue weighted by Gasteiger charge is 2.17. The van der Waals surface area contributed by atoms with E-state index in [4.69, 9.17) is 16.2 Å². The maximum atomic E-state index is 11.2. The second kappa shape index (κ2) is 6.01. The molecule has 1 saturated heterocycles. The van der Waals surface area contributed by atoms with Gasteiger partial charge in [-0.15, -0.1) is 0 Å². The molecule has 1 aliphatic rings. The number of primary amides is 1. The summed E-state index contributed by atoms with van der Waals surface area (Å²) in [6.45, 7) is 1.58. The molecule has 100 valence electrons. The van der Waals surface area contributed by atoms with Crippen molar-refractivity contribution in [2.75, 3.05) is 24.2 Å². The maximum Gasteiger partial charge on any atom is 0.255 e. The Labute approximate surface area is 110 Å². The number of nitrogens with one attached hydrogen (secondary N) is 1. The summed E-state index contributed by atoms with van der Waals surface area (Å²) in [6.07, 6.45) is 4.71. The van der Waals surface area contributed by atoms with Crippen molar-refractivity contribution in [3.05, 3.63) is 5.56 Å². The minimum absolute atomic E-state index is 0.198. The van der Waals surface area contributed by atoms with Crippen molar-refractivity contribution < 1.29 is 9.53 Å². The van der Waals surface area contributed by atoms with E-state index < -0.39 is 5.91 Å². The summed E-state index contributed by atoms with van der Waals surface area (Å²) in [5, 5.41) is 3.81. The topological polar surface area (TPSA) is 103 Å². The molecular formula is C11H18N4O2S. The fourth-order valence-corrected chi connectivity index (χ4v) is 2.79. The van der Waals surface area contributed by atoms with E-state index in [-0.39, 0.29) is 5.82 Å². The van der Waals surface area contributed by atoms with Gasteiger partial charge < -0.3 is 21.5 Å². The molecule has 2 rings (SSSR count). The molecule has 1 aliphatic heterocycles. The van der Waals surface area contributed by atoms with Gasteiger partial charge in [-0.1, -0.05) is 0 Å². The molecule has 1 unspecified atom stereocenters. The third-order valence-corrected chi connectivity index (χ3v) is 3.81. The van der Waals surface area contributed by atoms with Crippen molar-refractivity contribution in [2.45, 2.75) is 31.8 Å². The van der Waals surface area contributed by atoms with Crippen molar-refractivity contribution in [3.8, 4) is 0 Å². The van der Waals surface area contributed by atoms with Crippen LogP contribution in [0, 0.1) is 0 Å². The smallest absolute Gasteiger partial charge is 0.255 e. The van der Waals surface area contributed by atoms with Crippen molar-refractivity contribution >= 4 is 28.3 Å². The van der Waals surface area contributed by atoms with E-state index in [2.05, 4.69) is 9.69 Å². The highest BCUT2D eigenvalue weighted by molar-refractivity contribution is 7.11. The van der Waals surface area contributed by atoms with Gasteiger partial charge in [-0.2, -0.15) is 4.37 Å². The number of nitrogens with two attached hydrogens (primary N) is 2. The highest BCUT2D eigenvalue weighted by Crippen LogP contribution is 2.26. The van der Waals surface area contributed by atoms with Gasteiger partial charge in [0.15, 0.2) is 5.82 Å². The van der Waals surface area contributed by atoms with E-state index in [9.17, 15) is 4.79 Å². The maximum absolute atomic E-state index is 11.2.